The summed E-state index contributed by atoms with van der Waals surface area (Å²) in [5.41, 5.74) is 2.26. The van der Waals surface area contributed by atoms with Gasteiger partial charge in [-0.3, -0.25) is 9.88 Å². The number of rotatable bonds is 5. The molecule has 0 saturated carbocycles. The minimum Gasteiger partial charge on any atom is -0.354 e. The van der Waals surface area contributed by atoms with Gasteiger partial charge in [0.1, 0.15) is 12.1 Å². The number of nitrogens with zero attached hydrogens (tertiary/aromatic N) is 7. The normalized spacial score (nSPS) is 15.3. The highest BCUT2D eigenvalue weighted by Gasteiger charge is 2.18. The van der Waals surface area contributed by atoms with E-state index in [0.717, 1.165) is 56.5 Å². The molecular formula is C19H23N7. The smallest absolute Gasteiger partial charge is 0.158 e. The van der Waals surface area contributed by atoms with Crippen LogP contribution in [0.3, 0.4) is 0 Å². The van der Waals surface area contributed by atoms with Gasteiger partial charge in [-0.2, -0.15) is 5.10 Å². The second-order valence-corrected chi connectivity index (χ2v) is 6.53. The molecule has 1 saturated heterocycles. The molecule has 3 aromatic heterocycles. The summed E-state index contributed by atoms with van der Waals surface area (Å²) in [7, 11) is 0. The van der Waals surface area contributed by atoms with Gasteiger partial charge in [0.25, 0.3) is 0 Å². The first-order valence-electron chi connectivity index (χ1n) is 9.00. The maximum absolute atomic E-state index is 4.59. The van der Waals surface area contributed by atoms with Crippen LogP contribution in [0.2, 0.25) is 0 Å². The van der Waals surface area contributed by atoms with Gasteiger partial charge in [-0.15, -0.1) is 0 Å². The van der Waals surface area contributed by atoms with Crippen molar-refractivity contribution in [2.24, 2.45) is 0 Å². The maximum atomic E-state index is 4.59. The summed E-state index contributed by atoms with van der Waals surface area (Å²) in [6.45, 7) is 7.10. The second-order valence-electron chi connectivity index (χ2n) is 6.53. The van der Waals surface area contributed by atoms with E-state index in [1.54, 1.807) is 17.2 Å². The molecule has 4 heterocycles. The third-order valence-electron chi connectivity index (χ3n) is 4.70. The topological polar surface area (TPSA) is 63.0 Å². The van der Waals surface area contributed by atoms with E-state index < -0.39 is 0 Å². The Bertz CT molecular complexity index is 839. The Balaban J connectivity index is 1.33. The quantitative estimate of drug-likeness (QED) is 0.699. The minimum absolute atomic E-state index is 0.799. The Hall–Kier alpha value is -2.80. The first-order chi connectivity index (χ1) is 12.8. The van der Waals surface area contributed by atoms with Crippen LogP contribution in [0.25, 0.3) is 5.82 Å². The molecule has 0 spiro atoms. The summed E-state index contributed by atoms with van der Waals surface area (Å²) in [5.74, 6) is 1.76. The molecule has 0 radical (unpaired) electrons. The predicted molar refractivity (Wildman–Crippen MR) is 100 cm³/mol. The zero-order valence-corrected chi connectivity index (χ0v) is 15.0. The van der Waals surface area contributed by atoms with Gasteiger partial charge in [0, 0.05) is 69.0 Å². The molecule has 134 valence electrons. The van der Waals surface area contributed by atoms with Crippen LogP contribution in [0.4, 0.5) is 5.82 Å². The number of anilines is 1. The molecule has 0 amide bonds. The maximum Gasteiger partial charge on any atom is 0.158 e. The van der Waals surface area contributed by atoms with E-state index in [0.29, 0.717) is 0 Å². The van der Waals surface area contributed by atoms with Gasteiger partial charge >= 0.3 is 0 Å². The zero-order chi connectivity index (χ0) is 17.8. The van der Waals surface area contributed by atoms with Crippen molar-refractivity contribution in [2.45, 2.75) is 13.3 Å². The molecule has 0 aromatic carbocycles. The van der Waals surface area contributed by atoms with Gasteiger partial charge in [0.15, 0.2) is 5.82 Å². The molecule has 0 aliphatic carbocycles. The molecule has 1 aliphatic heterocycles. The molecule has 0 N–H and O–H groups in total. The Kier molecular flexibility index (Phi) is 4.88. The summed E-state index contributed by atoms with van der Waals surface area (Å²) in [6, 6.07) is 10.1. The highest BCUT2D eigenvalue weighted by atomic mass is 15.3. The Morgan fingerprint density at radius 1 is 1.00 bits per heavy atom. The van der Waals surface area contributed by atoms with Crippen LogP contribution < -0.4 is 4.90 Å². The van der Waals surface area contributed by atoms with E-state index in [1.165, 1.54) is 5.69 Å². The lowest BCUT2D eigenvalue weighted by molar-refractivity contribution is 0.259. The number of hydrogen-bond acceptors (Lipinski definition) is 6. The van der Waals surface area contributed by atoms with E-state index >= 15 is 0 Å². The molecule has 0 atom stereocenters. The van der Waals surface area contributed by atoms with Crippen LogP contribution in [-0.2, 0) is 6.42 Å². The minimum atomic E-state index is 0.799. The van der Waals surface area contributed by atoms with Crippen LogP contribution >= 0.6 is 0 Å². The highest BCUT2D eigenvalue weighted by Crippen LogP contribution is 2.16. The number of pyridine rings is 1. The highest BCUT2D eigenvalue weighted by molar-refractivity contribution is 5.43. The fourth-order valence-corrected chi connectivity index (χ4v) is 3.25. The van der Waals surface area contributed by atoms with E-state index in [-0.39, 0.29) is 0 Å². The van der Waals surface area contributed by atoms with E-state index in [4.69, 9.17) is 0 Å². The van der Waals surface area contributed by atoms with Crippen LogP contribution in [-0.4, -0.2) is 62.4 Å². The van der Waals surface area contributed by atoms with Gasteiger partial charge in [-0.25, -0.2) is 14.6 Å². The van der Waals surface area contributed by atoms with Crippen molar-refractivity contribution >= 4 is 5.82 Å². The molecule has 3 aromatic rings. The third kappa shape index (κ3) is 3.88. The molecule has 0 unspecified atom stereocenters. The lowest BCUT2D eigenvalue weighted by Gasteiger charge is -2.35. The van der Waals surface area contributed by atoms with E-state index in [2.05, 4.69) is 42.0 Å². The van der Waals surface area contributed by atoms with Gasteiger partial charge in [0.05, 0.1) is 0 Å². The van der Waals surface area contributed by atoms with Crippen molar-refractivity contribution in [2.75, 3.05) is 37.6 Å². The summed E-state index contributed by atoms with van der Waals surface area (Å²) in [6.07, 6.45) is 6.26. The Morgan fingerprint density at radius 3 is 2.62 bits per heavy atom. The van der Waals surface area contributed by atoms with Gasteiger partial charge < -0.3 is 4.90 Å². The lowest BCUT2D eigenvalue weighted by atomic mass is 10.2. The number of hydrogen-bond donors (Lipinski definition) is 0. The number of aryl methyl sites for hydroxylation is 1. The van der Waals surface area contributed by atoms with Crippen LogP contribution in [0.1, 0.15) is 11.4 Å². The molecular weight excluding hydrogens is 326 g/mol. The molecule has 0 bridgehead atoms. The van der Waals surface area contributed by atoms with Gasteiger partial charge in [-0.05, 0) is 25.1 Å². The monoisotopic (exact) mass is 349 g/mol. The second kappa shape index (κ2) is 7.61. The molecule has 4 rings (SSSR count). The lowest BCUT2D eigenvalue weighted by Crippen LogP contribution is -2.47. The average Bonchev–Trinajstić information content (AvgIpc) is 3.22. The van der Waals surface area contributed by atoms with E-state index in [1.807, 2.05) is 31.3 Å². The van der Waals surface area contributed by atoms with Crippen molar-refractivity contribution in [3.63, 3.8) is 0 Å². The van der Waals surface area contributed by atoms with Crippen molar-refractivity contribution in [1.29, 1.82) is 0 Å². The fourth-order valence-electron chi connectivity index (χ4n) is 3.25. The molecule has 7 nitrogen and oxygen atoms in total. The first-order valence-corrected chi connectivity index (χ1v) is 9.00. The molecule has 1 fully saturated rings. The number of piperazine rings is 1. The Labute approximate surface area is 153 Å². The molecule has 1 aliphatic rings. The number of aromatic nitrogens is 5. The van der Waals surface area contributed by atoms with Gasteiger partial charge in [-0.1, -0.05) is 6.07 Å². The van der Waals surface area contributed by atoms with Crippen molar-refractivity contribution in [3.05, 3.63) is 60.4 Å². The van der Waals surface area contributed by atoms with Crippen molar-refractivity contribution < 1.29 is 0 Å². The van der Waals surface area contributed by atoms with Crippen LogP contribution in [0.5, 0.6) is 0 Å². The summed E-state index contributed by atoms with van der Waals surface area (Å²) in [5, 5.41) is 4.24. The first kappa shape index (κ1) is 16.7. The Morgan fingerprint density at radius 2 is 1.85 bits per heavy atom. The van der Waals surface area contributed by atoms with Crippen molar-refractivity contribution in [1.82, 2.24) is 29.6 Å². The van der Waals surface area contributed by atoms with Crippen LogP contribution in [0, 0.1) is 6.92 Å². The molecule has 26 heavy (non-hydrogen) atoms. The third-order valence-corrected chi connectivity index (χ3v) is 4.70. The largest absolute Gasteiger partial charge is 0.354 e. The fraction of sp³-hybridized carbons (Fsp3) is 0.368. The summed E-state index contributed by atoms with van der Waals surface area (Å²) in [4.78, 5) is 18.2. The average molecular weight is 349 g/mol. The zero-order valence-electron chi connectivity index (χ0n) is 15.0. The standard InChI is InChI=1S/C19H23N7/c1-16-4-2-5-17(23-16)6-9-24-10-12-25(13-11-24)18-14-19(21-15-20-18)26-8-3-7-22-26/h2-5,7-8,14-15H,6,9-13H2,1H3. The summed E-state index contributed by atoms with van der Waals surface area (Å²) < 4.78 is 1.76. The van der Waals surface area contributed by atoms with E-state index in [9.17, 15) is 0 Å². The van der Waals surface area contributed by atoms with Gasteiger partial charge in [0.2, 0.25) is 0 Å². The van der Waals surface area contributed by atoms with Crippen molar-refractivity contribution in [3.8, 4) is 5.82 Å². The predicted octanol–water partition coefficient (Wildman–Crippen LogP) is 1.73. The summed E-state index contributed by atoms with van der Waals surface area (Å²) >= 11 is 0. The van der Waals surface area contributed by atoms with Crippen LogP contribution in [0.15, 0.2) is 49.1 Å². The molecule has 7 heteroatoms. The SMILES string of the molecule is Cc1cccc(CCN2CCN(c3cc(-n4cccn4)ncn3)CC2)n1.